The van der Waals surface area contributed by atoms with Gasteiger partial charge in [-0.3, -0.25) is 0 Å². The highest BCUT2D eigenvalue weighted by Gasteiger charge is 2.37. The molecule has 0 bridgehead atoms. The first-order chi connectivity index (χ1) is 20.3. The Bertz CT molecular complexity index is 1390. The fraction of sp³-hybridized carbons (Fsp3) is 0.516. The molecule has 0 spiro atoms. The molecule has 1 aromatic carbocycles. The second-order valence-corrected chi connectivity index (χ2v) is 12.0. The quantitative estimate of drug-likeness (QED) is 0.282. The molecule has 2 saturated heterocycles. The fourth-order valence-corrected chi connectivity index (χ4v) is 6.84. The summed E-state index contributed by atoms with van der Waals surface area (Å²) in [4.78, 5) is 20.6. The first-order valence-corrected chi connectivity index (χ1v) is 15.2. The van der Waals surface area contributed by atoms with Crippen molar-refractivity contribution in [3.05, 3.63) is 64.8 Å². The highest BCUT2D eigenvalue weighted by atomic mass is 35.5. The minimum absolute atomic E-state index is 0.0308. The van der Waals surface area contributed by atoms with E-state index in [0.717, 1.165) is 56.6 Å². The lowest BCUT2D eigenvalue weighted by Gasteiger charge is -2.38. The number of anilines is 2. The zero-order chi connectivity index (χ0) is 29.3. The van der Waals surface area contributed by atoms with Gasteiger partial charge in [0, 0.05) is 56.5 Å². The number of aromatic nitrogens is 3. The molecule has 3 aliphatic rings. The van der Waals surface area contributed by atoms with Crippen LogP contribution in [0.1, 0.15) is 55.8 Å². The number of likely N-dealkylation sites (tertiary alicyclic amines) is 1. The summed E-state index contributed by atoms with van der Waals surface area (Å²) in [5, 5.41) is 0.0308. The second-order valence-electron chi connectivity index (χ2n) is 11.6. The van der Waals surface area contributed by atoms with E-state index in [9.17, 15) is 17.6 Å². The average Bonchev–Trinajstić information content (AvgIpc) is 3.51. The van der Waals surface area contributed by atoms with Crippen LogP contribution in [0.4, 0.5) is 29.2 Å². The Hall–Kier alpha value is -2.98. The molecule has 224 valence electrons. The Labute approximate surface area is 248 Å². The largest absolute Gasteiger partial charge is 0.419 e. The third-order valence-electron chi connectivity index (χ3n) is 8.87. The van der Waals surface area contributed by atoms with Crippen LogP contribution in [-0.2, 0) is 6.18 Å². The maximum absolute atomic E-state index is 14.0. The van der Waals surface area contributed by atoms with Crippen LogP contribution in [0.2, 0.25) is 5.02 Å². The zero-order valence-corrected chi connectivity index (χ0v) is 24.2. The number of pyridine rings is 1. The van der Waals surface area contributed by atoms with Gasteiger partial charge in [-0.25, -0.2) is 19.3 Å². The molecule has 2 aromatic heterocycles. The van der Waals surface area contributed by atoms with Crippen LogP contribution in [0.25, 0.3) is 11.3 Å². The Morgan fingerprint density at radius 1 is 0.857 bits per heavy atom. The highest BCUT2D eigenvalue weighted by molar-refractivity contribution is 6.31. The summed E-state index contributed by atoms with van der Waals surface area (Å²) in [5.41, 5.74) is 0.661. The van der Waals surface area contributed by atoms with Crippen molar-refractivity contribution in [3.8, 4) is 11.3 Å². The van der Waals surface area contributed by atoms with Crippen LogP contribution in [0.15, 0.2) is 42.6 Å². The lowest BCUT2D eigenvalue weighted by molar-refractivity contribution is -0.137. The van der Waals surface area contributed by atoms with Gasteiger partial charge in [0.15, 0.2) is 0 Å². The first kappa shape index (κ1) is 29.1. The molecule has 6 nitrogen and oxygen atoms in total. The second kappa shape index (κ2) is 12.3. The summed E-state index contributed by atoms with van der Waals surface area (Å²) in [6, 6.07) is 8.90. The number of piperazine rings is 1. The summed E-state index contributed by atoms with van der Waals surface area (Å²) in [6.45, 7) is 5.03. The van der Waals surface area contributed by atoms with Gasteiger partial charge in [-0.15, -0.1) is 0 Å². The number of nitrogens with zero attached hydrogens (tertiary/aromatic N) is 6. The Morgan fingerprint density at radius 2 is 1.60 bits per heavy atom. The lowest BCUT2D eigenvalue weighted by Crippen LogP contribution is -2.47. The van der Waals surface area contributed by atoms with Gasteiger partial charge in [-0.1, -0.05) is 24.4 Å². The van der Waals surface area contributed by atoms with Gasteiger partial charge in [-0.2, -0.15) is 13.2 Å². The van der Waals surface area contributed by atoms with Crippen LogP contribution in [0.3, 0.4) is 0 Å². The molecule has 0 radical (unpaired) electrons. The molecule has 1 aliphatic carbocycles. The van der Waals surface area contributed by atoms with Crippen molar-refractivity contribution >= 4 is 23.2 Å². The van der Waals surface area contributed by atoms with Crippen LogP contribution >= 0.6 is 11.6 Å². The summed E-state index contributed by atoms with van der Waals surface area (Å²) < 4.78 is 55.0. The van der Waals surface area contributed by atoms with E-state index in [1.807, 2.05) is 6.07 Å². The van der Waals surface area contributed by atoms with Gasteiger partial charge in [-0.05, 0) is 75.0 Å². The van der Waals surface area contributed by atoms with E-state index >= 15 is 0 Å². The number of hydrogen-bond donors (Lipinski definition) is 0. The molecule has 2 atom stereocenters. The lowest BCUT2D eigenvalue weighted by atomic mass is 9.78. The minimum Gasteiger partial charge on any atom is -0.353 e. The Morgan fingerprint density at radius 3 is 2.33 bits per heavy atom. The predicted molar refractivity (Wildman–Crippen MR) is 156 cm³/mol. The minimum atomic E-state index is -4.47. The molecule has 0 N–H and O–H groups in total. The zero-order valence-electron chi connectivity index (χ0n) is 23.5. The number of rotatable bonds is 6. The molecule has 1 saturated carbocycles. The summed E-state index contributed by atoms with van der Waals surface area (Å²) in [6.07, 6.45) is 3.88. The van der Waals surface area contributed by atoms with E-state index in [0.29, 0.717) is 43.4 Å². The molecule has 4 heterocycles. The van der Waals surface area contributed by atoms with Gasteiger partial charge in [0.05, 0.1) is 16.3 Å². The van der Waals surface area contributed by atoms with Crippen molar-refractivity contribution in [1.29, 1.82) is 0 Å². The number of benzene rings is 1. The Balaban J connectivity index is 1.30. The summed E-state index contributed by atoms with van der Waals surface area (Å²) in [7, 11) is 0. The third-order valence-corrected chi connectivity index (χ3v) is 9.16. The maximum Gasteiger partial charge on any atom is 0.419 e. The summed E-state index contributed by atoms with van der Waals surface area (Å²) >= 11 is 6.15. The van der Waals surface area contributed by atoms with Gasteiger partial charge in [0.25, 0.3) is 0 Å². The predicted octanol–water partition coefficient (Wildman–Crippen LogP) is 7.05. The Kier molecular flexibility index (Phi) is 8.54. The monoisotopic (exact) mass is 602 g/mol. The maximum atomic E-state index is 14.0. The van der Waals surface area contributed by atoms with Crippen LogP contribution in [0.5, 0.6) is 0 Å². The standard InChI is InChI=1S/C31H35ClF4N6/c32-25-18-21(9-10-26(25)33)27-19-28(39-29(38-27)23-7-2-1-6-22(23)20-40-12-3-4-13-40)41-14-16-42(17-15-41)30-24(31(34,35)36)8-5-11-37-30/h5,8-11,18-19,22-23H,1-4,6-7,12-17,20H2/t22-,23?/m0/s1. The van der Waals surface area contributed by atoms with Crippen LogP contribution < -0.4 is 9.80 Å². The van der Waals surface area contributed by atoms with Crippen LogP contribution in [0, 0.1) is 11.7 Å². The smallest absolute Gasteiger partial charge is 0.353 e. The molecule has 6 rings (SSSR count). The fourth-order valence-electron chi connectivity index (χ4n) is 6.66. The van der Waals surface area contributed by atoms with Gasteiger partial charge in [0.1, 0.15) is 23.3 Å². The number of hydrogen-bond acceptors (Lipinski definition) is 6. The molecule has 11 heteroatoms. The molecule has 3 fully saturated rings. The van der Waals surface area contributed by atoms with Crippen molar-refractivity contribution in [1.82, 2.24) is 19.9 Å². The van der Waals surface area contributed by atoms with Crippen molar-refractivity contribution in [2.24, 2.45) is 5.92 Å². The van der Waals surface area contributed by atoms with Crippen molar-refractivity contribution in [2.75, 3.05) is 55.6 Å². The number of halogens is 5. The first-order valence-electron chi connectivity index (χ1n) is 14.8. The molecule has 0 amide bonds. The molecule has 42 heavy (non-hydrogen) atoms. The summed E-state index contributed by atoms with van der Waals surface area (Å²) in [5.74, 6) is 1.66. The molecule has 3 aromatic rings. The van der Waals surface area contributed by atoms with E-state index in [1.54, 1.807) is 17.0 Å². The molecule has 1 unspecified atom stereocenters. The van der Waals surface area contributed by atoms with Gasteiger partial charge < -0.3 is 14.7 Å². The third kappa shape index (κ3) is 6.34. The van der Waals surface area contributed by atoms with Crippen molar-refractivity contribution in [3.63, 3.8) is 0 Å². The topological polar surface area (TPSA) is 48.4 Å². The van der Waals surface area contributed by atoms with Gasteiger partial charge in [0.2, 0.25) is 0 Å². The van der Waals surface area contributed by atoms with E-state index in [1.165, 1.54) is 37.6 Å². The van der Waals surface area contributed by atoms with Gasteiger partial charge >= 0.3 is 6.18 Å². The van der Waals surface area contributed by atoms with Crippen molar-refractivity contribution < 1.29 is 17.6 Å². The van der Waals surface area contributed by atoms with E-state index in [2.05, 4.69) is 14.8 Å². The molecule has 2 aliphatic heterocycles. The molecular weight excluding hydrogens is 568 g/mol. The van der Waals surface area contributed by atoms with E-state index in [4.69, 9.17) is 21.6 Å². The normalized spacial score (nSPS) is 22.1. The van der Waals surface area contributed by atoms with Crippen LogP contribution in [-0.4, -0.2) is 65.7 Å². The average molecular weight is 603 g/mol. The molecular formula is C31H35ClF4N6. The van der Waals surface area contributed by atoms with E-state index < -0.39 is 17.6 Å². The number of alkyl halides is 3. The van der Waals surface area contributed by atoms with Crippen molar-refractivity contribution in [2.45, 2.75) is 50.6 Å². The van der Waals surface area contributed by atoms with E-state index in [-0.39, 0.29) is 16.8 Å². The SMILES string of the molecule is Fc1ccc(-c2cc(N3CCN(c4ncccc4C(F)(F)F)CC3)nc(C3CCCC[C@H]3CN3CCCC3)n2)cc1Cl. The highest BCUT2D eigenvalue weighted by Crippen LogP contribution is 2.40.